The lowest BCUT2D eigenvalue weighted by Crippen LogP contribution is -2.37. The molecule has 2 unspecified atom stereocenters. The first kappa shape index (κ1) is 55.1. The Morgan fingerprint density at radius 1 is 0.718 bits per heavy atom. The Morgan fingerprint density at radius 3 is 1.97 bits per heavy atom. The largest absolute Gasteiger partial charge is 0.441 e. The molecule has 6 atom stereocenters. The maximum atomic E-state index is 13.3. The van der Waals surface area contributed by atoms with Crippen LogP contribution in [-0.2, 0) is 46.0 Å². The molecule has 3 heterocycles. The Morgan fingerprint density at radius 2 is 1.31 bits per heavy atom. The van der Waals surface area contributed by atoms with Crippen LogP contribution in [0.15, 0.2) is 48.5 Å². The van der Waals surface area contributed by atoms with E-state index in [0.29, 0.717) is 103 Å². The van der Waals surface area contributed by atoms with Crippen LogP contribution in [0.5, 0.6) is 0 Å². The molecule has 71 heavy (non-hydrogen) atoms. The lowest BCUT2D eigenvalue weighted by atomic mass is 9.87. The van der Waals surface area contributed by atoms with Gasteiger partial charge < -0.3 is 50.1 Å². The Kier molecular flexibility index (Phi) is 22.3. The average Bonchev–Trinajstić information content (AvgIpc) is 4.06. The van der Waals surface area contributed by atoms with Crippen molar-refractivity contribution in [3.63, 3.8) is 0 Å². The summed E-state index contributed by atoms with van der Waals surface area (Å²) in [6.07, 6.45) is 9.83. The predicted octanol–water partition coefficient (Wildman–Crippen LogP) is 5.75. The minimum atomic E-state index is -3.03. The fraction of sp³-hybridized carbons (Fsp3) is 0.627. The second kappa shape index (κ2) is 28.7. The Balaban J connectivity index is 0.868. The van der Waals surface area contributed by atoms with Gasteiger partial charge >= 0.3 is 14.3 Å². The molecule has 2 fully saturated rings. The lowest BCUT2D eigenvalue weighted by molar-refractivity contribution is -0.133. The quantitative estimate of drug-likeness (QED) is 0.0375. The number of hydrogen-bond acceptors (Lipinski definition) is 12. The van der Waals surface area contributed by atoms with Gasteiger partial charge in [-0.2, -0.15) is 0 Å². The molecule has 5 amide bonds. The Bertz CT molecular complexity index is 2240. The van der Waals surface area contributed by atoms with Gasteiger partial charge in [0.25, 0.3) is 0 Å². The number of nitrogens with one attached hydrogen (secondary N) is 3. The highest BCUT2D eigenvalue weighted by Crippen LogP contribution is 2.42. The Labute approximate surface area is 417 Å². The Hall–Kier alpha value is -5.20. The third-order valence-electron chi connectivity index (χ3n) is 13.7. The van der Waals surface area contributed by atoms with Crippen LogP contribution in [0.25, 0.3) is 22.5 Å². The van der Waals surface area contributed by atoms with Gasteiger partial charge in [0.15, 0.2) is 0 Å². The number of nitrogens with zero attached hydrogens (tertiary/aromatic N) is 5. The molecule has 0 spiro atoms. The van der Waals surface area contributed by atoms with Crippen molar-refractivity contribution in [1.29, 1.82) is 0 Å². The van der Waals surface area contributed by atoms with E-state index in [2.05, 4.69) is 26.3 Å². The number of hydrogen-bond donors (Lipinski definition) is 6. The molecule has 0 saturated carbocycles. The maximum absolute atomic E-state index is 13.3. The van der Waals surface area contributed by atoms with Gasteiger partial charge in [-0.3, -0.25) is 23.7 Å². The minimum absolute atomic E-state index is 0.0000828. The van der Waals surface area contributed by atoms with Crippen molar-refractivity contribution in [2.75, 3.05) is 39.3 Å². The fourth-order valence-corrected chi connectivity index (χ4v) is 10.4. The number of ether oxygens (including phenoxy) is 1. The number of benzene rings is 2. The normalized spacial score (nSPS) is 19.7. The first-order chi connectivity index (χ1) is 34.4. The standard InChI is InChI=1S/C51H75N8O11P/c1-36-30-40(70-71(67)68)34-57(36)47(64)24-8-3-14-26-52-45(62)22-6-2-16-28-54-51(66)69-44-31-37-18-10-11-19-41(37)49-50(43-21-13-12-20-42(43)44)59(56-55-49)29-17-5-7-23-46(63)53-27-15-4-9-25-48(65)58-33-39(61)32-38(58)35-60/h10-13,18-21,36,38-40,44,60-61,71H,2-9,14-17,22-35H2,1H3,(H,52,62)(H,53,63)(H,54,66)(H,67,68)/t36-,38+,39-,40-,44?/m1/s1. The molecule has 19 nitrogen and oxygen atoms in total. The molecule has 1 aliphatic carbocycles. The van der Waals surface area contributed by atoms with Crippen LogP contribution in [0.1, 0.15) is 140 Å². The highest BCUT2D eigenvalue weighted by Gasteiger charge is 2.35. The molecule has 0 bridgehead atoms. The number of aliphatic hydroxyl groups excluding tert-OH is 2. The van der Waals surface area contributed by atoms with Crippen LogP contribution < -0.4 is 16.0 Å². The number of likely N-dealkylation sites (tertiary alicyclic amines) is 2. The molecule has 6 N–H and O–H groups in total. The molecule has 0 radical (unpaired) electrons. The second-order valence-electron chi connectivity index (χ2n) is 19.1. The lowest BCUT2D eigenvalue weighted by Gasteiger charge is -2.25. The zero-order valence-electron chi connectivity index (χ0n) is 41.2. The SMILES string of the molecule is C[C@@H]1C[C@@H](O[PH](=O)O)CN1C(=O)CCCCCNC(=O)CCCCCNC(=O)OC1Cc2ccccc2-c2nnn(CCCCCC(=O)NCCCCCC(=O)N3C[C@H](O)C[C@H]3CO)c2-c2ccccc21. The van der Waals surface area contributed by atoms with Crippen molar-refractivity contribution >= 4 is 38.0 Å². The number of aryl methyl sites for hydroxylation is 1. The number of fused-ring (bicyclic) bond motifs is 5. The summed E-state index contributed by atoms with van der Waals surface area (Å²) in [4.78, 5) is 75.8. The third-order valence-corrected chi connectivity index (χ3v) is 14.2. The summed E-state index contributed by atoms with van der Waals surface area (Å²) in [5, 5.41) is 37.5. The van der Waals surface area contributed by atoms with Gasteiger partial charge in [-0.05, 0) is 76.7 Å². The number of carbonyl (C=O) groups excluding carboxylic acids is 5. The number of aromatic nitrogens is 3. The molecule has 3 aliphatic rings. The van der Waals surface area contributed by atoms with E-state index in [9.17, 15) is 38.8 Å². The first-order valence-electron chi connectivity index (χ1n) is 25.8. The smallest absolute Gasteiger partial charge is 0.407 e. The van der Waals surface area contributed by atoms with E-state index < -0.39 is 32.7 Å². The highest BCUT2D eigenvalue weighted by atomic mass is 31.1. The van der Waals surface area contributed by atoms with Crippen molar-refractivity contribution in [3.05, 3.63) is 59.7 Å². The van der Waals surface area contributed by atoms with Crippen molar-refractivity contribution in [2.45, 2.75) is 166 Å². The summed E-state index contributed by atoms with van der Waals surface area (Å²) < 4.78 is 24.1. The van der Waals surface area contributed by atoms with Crippen molar-refractivity contribution in [2.24, 2.45) is 0 Å². The van der Waals surface area contributed by atoms with Crippen LogP contribution in [-0.4, -0.2) is 133 Å². The summed E-state index contributed by atoms with van der Waals surface area (Å²) in [5.74, 6) is -0.0586. The number of rotatable bonds is 28. The number of aliphatic hydroxyl groups is 2. The van der Waals surface area contributed by atoms with Crippen molar-refractivity contribution in [1.82, 2.24) is 40.7 Å². The van der Waals surface area contributed by atoms with Gasteiger partial charge in [0.05, 0.1) is 30.6 Å². The van der Waals surface area contributed by atoms with Crippen LogP contribution in [0, 0.1) is 0 Å². The van der Waals surface area contributed by atoms with Gasteiger partial charge in [-0.1, -0.05) is 79.4 Å². The zero-order chi connectivity index (χ0) is 50.5. The molecule has 3 aromatic rings. The van der Waals surface area contributed by atoms with Crippen LogP contribution in [0.2, 0.25) is 0 Å². The number of alkyl carbamates (subject to hydrolysis) is 1. The molecule has 2 aromatic carbocycles. The molecule has 1 aromatic heterocycles. The molecule has 6 rings (SSSR count). The van der Waals surface area contributed by atoms with Crippen LogP contribution >= 0.6 is 8.25 Å². The number of unbranched alkanes of at least 4 members (excludes halogenated alkanes) is 8. The summed E-state index contributed by atoms with van der Waals surface area (Å²) in [5.41, 5.74) is 5.27. The number of amides is 5. The molecule has 20 heteroatoms. The second-order valence-corrected chi connectivity index (χ2v) is 19.9. The monoisotopic (exact) mass is 1010 g/mol. The van der Waals surface area contributed by atoms with E-state index in [1.54, 1.807) is 9.80 Å². The number of carbonyl (C=O) groups is 5. The minimum Gasteiger partial charge on any atom is -0.441 e. The molecular weight excluding hydrogens is 932 g/mol. The summed E-state index contributed by atoms with van der Waals surface area (Å²) in [6, 6.07) is 15.5. The summed E-state index contributed by atoms with van der Waals surface area (Å²) in [6.45, 7) is 4.46. The first-order valence-corrected chi connectivity index (χ1v) is 27.0. The average molecular weight is 1010 g/mol. The van der Waals surface area contributed by atoms with Crippen molar-refractivity contribution in [3.8, 4) is 22.5 Å². The molecule has 2 saturated heterocycles. The van der Waals surface area contributed by atoms with Gasteiger partial charge in [0, 0.05) is 94.1 Å². The third kappa shape index (κ3) is 16.9. The van der Waals surface area contributed by atoms with Gasteiger partial charge in [0.2, 0.25) is 23.6 Å². The van der Waals surface area contributed by atoms with Gasteiger partial charge in [-0.15, -0.1) is 5.10 Å². The summed E-state index contributed by atoms with van der Waals surface area (Å²) >= 11 is 0. The van der Waals surface area contributed by atoms with Gasteiger partial charge in [0.1, 0.15) is 11.8 Å². The molecule has 2 aliphatic heterocycles. The predicted molar refractivity (Wildman–Crippen MR) is 267 cm³/mol. The molecule has 390 valence electrons. The van der Waals surface area contributed by atoms with Crippen LogP contribution in [0.3, 0.4) is 0 Å². The number of β-amino-alcohol motifs (C(OH)–C–C–N with tert-alkyl or cyclic N) is 1. The fourth-order valence-electron chi connectivity index (χ4n) is 9.93. The zero-order valence-corrected chi connectivity index (χ0v) is 42.2. The topological polar surface area (TPSA) is 255 Å². The van der Waals surface area contributed by atoms with Gasteiger partial charge in [-0.25, -0.2) is 9.48 Å². The maximum Gasteiger partial charge on any atom is 0.407 e. The molecular formula is C51H75N8O11P. The van der Waals surface area contributed by atoms with E-state index >= 15 is 0 Å². The highest BCUT2D eigenvalue weighted by molar-refractivity contribution is 7.32. The van der Waals surface area contributed by atoms with Crippen molar-refractivity contribution < 1.29 is 52.9 Å². The van der Waals surface area contributed by atoms with E-state index in [1.165, 1.54) is 0 Å². The van der Waals surface area contributed by atoms with E-state index in [4.69, 9.17) is 14.2 Å². The van der Waals surface area contributed by atoms with E-state index in [0.717, 1.165) is 85.0 Å². The summed E-state index contributed by atoms with van der Waals surface area (Å²) in [7, 11) is -3.03. The van der Waals surface area contributed by atoms with E-state index in [-0.39, 0.29) is 48.9 Å². The van der Waals surface area contributed by atoms with Crippen LogP contribution in [0.4, 0.5) is 4.79 Å². The van der Waals surface area contributed by atoms with E-state index in [1.807, 2.05) is 60.1 Å².